The first-order valence-electron chi connectivity index (χ1n) is 4.10. The van der Waals surface area contributed by atoms with Crippen molar-refractivity contribution in [3.8, 4) is 0 Å². The Morgan fingerprint density at radius 3 is 2.58 bits per heavy atom. The third-order valence-electron chi connectivity index (χ3n) is 1.84. The van der Waals surface area contributed by atoms with Gasteiger partial charge in [-0.3, -0.25) is 0 Å². The molecule has 0 aliphatic heterocycles. The molecular formula is C12H14. The fourth-order valence-corrected chi connectivity index (χ4v) is 1.18. The molecule has 0 heterocycles. The van der Waals surface area contributed by atoms with Crippen molar-refractivity contribution in [2.45, 2.75) is 13.8 Å². The summed E-state index contributed by atoms with van der Waals surface area (Å²) < 4.78 is 0. The van der Waals surface area contributed by atoms with Gasteiger partial charge in [-0.05, 0) is 25.0 Å². The molecule has 0 aromatic heterocycles. The maximum absolute atomic E-state index is 3.64. The van der Waals surface area contributed by atoms with Crippen LogP contribution in [0.3, 0.4) is 0 Å². The molecule has 0 N–H and O–H groups in total. The Morgan fingerprint density at radius 1 is 1.25 bits per heavy atom. The van der Waals surface area contributed by atoms with Crippen LogP contribution in [0.1, 0.15) is 16.7 Å². The summed E-state index contributed by atoms with van der Waals surface area (Å²) in [7, 11) is 0. The molecule has 0 spiro atoms. The van der Waals surface area contributed by atoms with E-state index in [1.165, 1.54) is 16.7 Å². The molecule has 1 aromatic carbocycles. The zero-order valence-corrected chi connectivity index (χ0v) is 7.67. The zero-order chi connectivity index (χ0) is 8.97. The lowest BCUT2D eigenvalue weighted by atomic mass is 10.1. The summed E-state index contributed by atoms with van der Waals surface area (Å²) >= 11 is 0. The minimum Gasteiger partial charge on any atom is -0.0991 e. The third-order valence-corrected chi connectivity index (χ3v) is 1.84. The Labute approximate surface area is 74.2 Å². The highest BCUT2D eigenvalue weighted by Gasteiger charge is 1.92. The molecule has 0 radical (unpaired) electrons. The average molecular weight is 158 g/mol. The Hall–Kier alpha value is -1.30. The van der Waals surface area contributed by atoms with Crippen LogP contribution in [-0.4, -0.2) is 0 Å². The van der Waals surface area contributed by atoms with Crippen LogP contribution in [-0.2, 0) is 0 Å². The van der Waals surface area contributed by atoms with Crippen LogP contribution in [0.15, 0.2) is 36.9 Å². The molecule has 0 fully saturated rings. The topological polar surface area (TPSA) is 0 Å². The summed E-state index contributed by atoms with van der Waals surface area (Å²) in [6.07, 6.45) is 5.82. The van der Waals surface area contributed by atoms with E-state index in [-0.39, 0.29) is 0 Å². The van der Waals surface area contributed by atoms with Crippen molar-refractivity contribution in [1.29, 1.82) is 0 Å². The van der Waals surface area contributed by atoms with Crippen LogP contribution in [0.25, 0.3) is 6.08 Å². The lowest BCUT2D eigenvalue weighted by Gasteiger charge is -2.00. The average Bonchev–Trinajstić information content (AvgIpc) is 2.03. The fraction of sp³-hybridized carbons (Fsp3) is 0.167. The van der Waals surface area contributed by atoms with Crippen molar-refractivity contribution in [2.75, 3.05) is 0 Å². The summed E-state index contributed by atoms with van der Waals surface area (Å²) in [6, 6.07) is 6.43. The minimum absolute atomic E-state index is 1.26. The van der Waals surface area contributed by atoms with Gasteiger partial charge in [0.05, 0.1) is 0 Å². The van der Waals surface area contributed by atoms with Gasteiger partial charge in [-0.25, -0.2) is 0 Å². The van der Waals surface area contributed by atoms with Gasteiger partial charge in [0.25, 0.3) is 0 Å². The van der Waals surface area contributed by atoms with E-state index in [0.29, 0.717) is 0 Å². The SMILES string of the molecule is C=CC=Cc1ccc(C)cc1C. The van der Waals surface area contributed by atoms with Crippen LogP contribution in [0, 0.1) is 13.8 Å². The van der Waals surface area contributed by atoms with Crippen molar-refractivity contribution in [1.82, 2.24) is 0 Å². The first kappa shape index (κ1) is 8.79. The van der Waals surface area contributed by atoms with Gasteiger partial charge in [0, 0.05) is 0 Å². The lowest BCUT2D eigenvalue weighted by molar-refractivity contribution is 1.37. The number of hydrogen-bond donors (Lipinski definition) is 0. The van der Waals surface area contributed by atoms with Crippen molar-refractivity contribution >= 4 is 6.08 Å². The maximum Gasteiger partial charge on any atom is -0.0227 e. The Kier molecular flexibility index (Phi) is 2.87. The molecule has 0 nitrogen and oxygen atoms in total. The highest BCUT2D eigenvalue weighted by atomic mass is 14.0. The molecule has 0 unspecified atom stereocenters. The van der Waals surface area contributed by atoms with Gasteiger partial charge in [0.2, 0.25) is 0 Å². The molecule has 0 aliphatic rings. The maximum atomic E-state index is 3.64. The van der Waals surface area contributed by atoms with E-state index in [1.807, 2.05) is 6.08 Å². The molecule has 0 bridgehead atoms. The second kappa shape index (κ2) is 3.91. The van der Waals surface area contributed by atoms with Crippen LogP contribution >= 0.6 is 0 Å². The smallest absolute Gasteiger partial charge is 0.0227 e. The van der Waals surface area contributed by atoms with Gasteiger partial charge in [0.15, 0.2) is 0 Å². The standard InChI is InChI=1S/C12H14/c1-4-5-6-12-8-7-10(2)9-11(12)3/h4-9H,1H2,2-3H3. The van der Waals surface area contributed by atoms with Gasteiger partial charge in [-0.1, -0.05) is 48.6 Å². The molecular weight excluding hydrogens is 144 g/mol. The van der Waals surface area contributed by atoms with Crippen LogP contribution in [0.5, 0.6) is 0 Å². The van der Waals surface area contributed by atoms with E-state index in [0.717, 1.165) is 0 Å². The van der Waals surface area contributed by atoms with Crippen LogP contribution in [0.2, 0.25) is 0 Å². The molecule has 1 aromatic rings. The van der Waals surface area contributed by atoms with Crippen LogP contribution < -0.4 is 0 Å². The van der Waals surface area contributed by atoms with E-state index < -0.39 is 0 Å². The minimum atomic E-state index is 1.26. The zero-order valence-electron chi connectivity index (χ0n) is 7.67. The van der Waals surface area contributed by atoms with Crippen molar-refractivity contribution in [3.05, 3.63) is 53.6 Å². The lowest BCUT2D eigenvalue weighted by Crippen LogP contribution is -1.81. The molecule has 0 saturated heterocycles. The Balaban J connectivity index is 3.01. The Bertz CT molecular complexity index is 306. The van der Waals surface area contributed by atoms with Gasteiger partial charge >= 0.3 is 0 Å². The van der Waals surface area contributed by atoms with Gasteiger partial charge < -0.3 is 0 Å². The highest BCUT2D eigenvalue weighted by Crippen LogP contribution is 2.11. The molecule has 12 heavy (non-hydrogen) atoms. The van der Waals surface area contributed by atoms with E-state index >= 15 is 0 Å². The summed E-state index contributed by atoms with van der Waals surface area (Å²) in [5.41, 5.74) is 3.89. The van der Waals surface area contributed by atoms with Crippen LogP contribution in [0.4, 0.5) is 0 Å². The van der Waals surface area contributed by atoms with E-state index in [2.05, 4.69) is 44.7 Å². The van der Waals surface area contributed by atoms with E-state index in [4.69, 9.17) is 0 Å². The quantitative estimate of drug-likeness (QED) is 0.578. The Morgan fingerprint density at radius 2 is 2.00 bits per heavy atom. The number of rotatable bonds is 2. The number of hydrogen-bond acceptors (Lipinski definition) is 0. The first-order chi connectivity index (χ1) is 5.74. The van der Waals surface area contributed by atoms with Crippen molar-refractivity contribution in [2.24, 2.45) is 0 Å². The highest BCUT2D eigenvalue weighted by molar-refractivity contribution is 5.55. The summed E-state index contributed by atoms with van der Waals surface area (Å²) in [6.45, 7) is 7.86. The second-order valence-electron chi connectivity index (χ2n) is 2.95. The molecule has 0 aliphatic carbocycles. The van der Waals surface area contributed by atoms with Crippen molar-refractivity contribution < 1.29 is 0 Å². The van der Waals surface area contributed by atoms with Gasteiger partial charge in [-0.2, -0.15) is 0 Å². The molecule has 0 saturated carbocycles. The monoisotopic (exact) mass is 158 g/mol. The molecule has 0 heteroatoms. The third kappa shape index (κ3) is 2.09. The number of benzene rings is 1. The fourth-order valence-electron chi connectivity index (χ4n) is 1.18. The van der Waals surface area contributed by atoms with Gasteiger partial charge in [-0.15, -0.1) is 0 Å². The molecule has 1 rings (SSSR count). The number of aryl methyl sites for hydroxylation is 2. The normalized spacial score (nSPS) is 10.5. The summed E-state index contributed by atoms with van der Waals surface area (Å²) in [5.74, 6) is 0. The predicted molar refractivity (Wildman–Crippen MR) is 55.1 cm³/mol. The predicted octanol–water partition coefficient (Wildman–Crippen LogP) is 3.50. The second-order valence-corrected chi connectivity index (χ2v) is 2.95. The summed E-state index contributed by atoms with van der Waals surface area (Å²) in [4.78, 5) is 0. The van der Waals surface area contributed by atoms with Crippen molar-refractivity contribution in [3.63, 3.8) is 0 Å². The van der Waals surface area contributed by atoms with Gasteiger partial charge in [0.1, 0.15) is 0 Å². The largest absolute Gasteiger partial charge is 0.0991 e. The van der Waals surface area contributed by atoms with E-state index in [1.54, 1.807) is 6.08 Å². The first-order valence-corrected chi connectivity index (χ1v) is 4.10. The molecule has 62 valence electrons. The molecule has 0 atom stereocenters. The summed E-state index contributed by atoms with van der Waals surface area (Å²) in [5, 5.41) is 0. The number of allylic oxidation sites excluding steroid dienone is 2. The molecule has 0 amide bonds. The van der Waals surface area contributed by atoms with E-state index in [9.17, 15) is 0 Å².